The van der Waals surface area contributed by atoms with Gasteiger partial charge < -0.3 is 34.1 Å². The lowest BCUT2D eigenvalue weighted by atomic mass is 9.57. The lowest BCUT2D eigenvalue weighted by Gasteiger charge is -2.51. The van der Waals surface area contributed by atoms with E-state index in [-0.39, 0.29) is 30.6 Å². The average Bonchev–Trinajstić information content (AvgIpc) is 3.42. The van der Waals surface area contributed by atoms with Crippen LogP contribution in [0.25, 0.3) is 0 Å². The van der Waals surface area contributed by atoms with Crippen LogP contribution in [-0.2, 0) is 42.9 Å². The van der Waals surface area contributed by atoms with Gasteiger partial charge in [-0.25, -0.2) is 14.0 Å². The van der Waals surface area contributed by atoms with E-state index >= 15 is 0 Å². The molecule has 0 radical (unpaired) electrons. The van der Waals surface area contributed by atoms with E-state index in [0.717, 1.165) is 0 Å². The lowest BCUT2D eigenvalue weighted by Crippen LogP contribution is -2.60. The van der Waals surface area contributed by atoms with Crippen LogP contribution in [0.1, 0.15) is 87.0 Å². The molecule has 3 fully saturated rings. The largest absolute Gasteiger partial charge is 0.460 e. The van der Waals surface area contributed by atoms with Gasteiger partial charge in [-0.3, -0.25) is 14.4 Å². The molecule has 3 aliphatic carbocycles. The maximum Gasteiger partial charge on any atom is 0.408 e. The summed E-state index contributed by atoms with van der Waals surface area (Å²) in [5.74, 6) is -4.04. The van der Waals surface area contributed by atoms with E-state index in [4.69, 9.17) is 23.7 Å². The molecule has 1 heterocycles. The molecule has 0 aromatic heterocycles. The molecule has 1 amide bonds. The molecule has 2 saturated carbocycles. The molecule has 50 heavy (non-hydrogen) atoms. The van der Waals surface area contributed by atoms with Gasteiger partial charge in [0.25, 0.3) is 0 Å². The van der Waals surface area contributed by atoms with Crippen molar-refractivity contribution in [2.24, 2.45) is 22.7 Å². The van der Waals surface area contributed by atoms with Crippen molar-refractivity contribution in [1.29, 1.82) is 0 Å². The van der Waals surface area contributed by atoms with Gasteiger partial charge in [-0.1, -0.05) is 31.2 Å². The van der Waals surface area contributed by atoms with Gasteiger partial charge in [-0.2, -0.15) is 0 Å². The maximum absolute atomic E-state index is 14.3. The van der Waals surface area contributed by atoms with Crippen LogP contribution < -0.4 is 5.32 Å². The van der Waals surface area contributed by atoms with Crippen molar-refractivity contribution in [3.8, 4) is 0 Å². The first-order valence-electron chi connectivity index (χ1n) is 17.2. The molecule has 1 aliphatic heterocycles. The Balaban J connectivity index is 1.52. The number of carbonyl (C=O) groups is 5. The first kappa shape index (κ1) is 39.4. The zero-order chi connectivity index (χ0) is 37.3. The van der Waals surface area contributed by atoms with Crippen molar-refractivity contribution in [2.45, 2.75) is 122 Å². The topological polar surface area (TPSA) is 164 Å². The third kappa shape index (κ3) is 8.21. The van der Waals surface area contributed by atoms with Crippen LogP contribution in [-0.4, -0.2) is 89.8 Å². The normalized spacial score (nSPS) is 33.4. The van der Waals surface area contributed by atoms with Crippen molar-refractivity contribution in [3.05, 3.63) is 36.5 Å². The number of hydrogen-bond donors (Lipinski definition) is 2. The molecular weight excluding hydrogens is 653 g/mol. The molecule has 1 saturated heterocycles. The number of amides is 1. The predicted octanol–water partition coefficient (Wildman–Crippen LogP) is 4.62. The molecule has 0 spiro atoms. The highest BCUT2D eigenvalue weighted by Gasteiger charge is 2.75. The smallest absolute Gasteiger partial charge is 0.408 e. The van der Waals surface area contributed by atoms with Crippen molar-refractivity contribution >= 4 is 29.6 Å². The van der Waals surface area contributed by atoms with Gasteiger partial charge >= 0.3 is 18.0 Å². The summed E-state index contributed by atoms with van der Waals surface area (Å²) in [5, 5.41) is 13.5. The molecule has 278 valence electrons. The van der Waals surface area contributed by atoms with E-state index in [1.54, 1.807) is 47.6 Å². The fourth-order valence-electron chi connectivity index (χ4n) is 8.29. The van der Waals surface area contributed by atoms with E-state index in [9.17, 15) is 33.5 Å². The Hall–Kier alpha value is -3.42. The average molecular weight is 706 g/mol. The van der Waals surface area contributed by atoms with Crippen LogP contribution in [0, 0.1) is 22.7 Å². The van der Waals surface area contributed by atoms with Crippen LogP contribution in [0.3, 0.4) is 0 Å². The van der Waals surface area contributed by atoms with E-state index in [2.05, 4.69) is 11.9 Å². The standard InChI is InChI=1S/C37H52FNO11/c1-9-14-46-31(44)27(39-32(45)49-33(2,3)4)18-30(43)47-20-28(42)37-29(48-34(5,6)50-37)17-26-22(15-25(41)19-36(26,37)8)10-11-23-16-24(40)12-13-35(23,7)21-38/h9,12-13,16,22,25-27,29,41H,1,10-11,14-15,17-21H2,2-8H3,(H,39,45)/t22-,25-,26+,27?,29-,35-,36+,37-/m1/s1. The zero-order valence-corrected chi connectivity index (χ0v) is 30.2. The van der Waals surface area contributed by atoms with Gasteiger partial charge in [0.15, 0.2) is 23.8 Å². The van der Waals surface area contributed by atoms with Crippen LogP contribution in [0.5, 0.6) is 0 Å². The van der Waals surface area contributed by atoms with Gasteiger partial charge in [-0.05, 0) is 97.6 Å². The number of alkyl carbamates (subject to hydrolysis) is 1. The molecule has 0 aromatic carbocycles. The molecule has 4 rings (SSSR count). The van der Waals surface area contributed by atoms with Crippen molar-refractivity contribution in [2.75, 3.05) is 19.9 Å². The number of aliphatic hydroxyl groups is 1. The quantitative estimate of drug-likeness (QED) is 0.156. The SMILES string of the molecule is C=CCOC(=O)C(CC(=O)OCC(=O)[C@@]12OC(C)(C)O[C@@H]1C[C@H]1[C@H](CCC3=CC(=O)C=C[C@]3(C)CF)C[C@@H](O)C[C@@]12C)NC(=O)OC(C)(C)C. The molecule has 2 N–H and O–H groups in total. The van der Waals surface area contributed by atoms with Crippen molar-refractivity contribution in [1.82, 2.24) is 5.32 Å². The number of hydrogen-bond acceptors (Lipinski definition) is 11. The number of allylic oxidation sites excluding steroid dienone is 4. The van der Waals surface area contributed by atoms with E-state index < -0.39 is 89.6 Å². The molecule has 0 aromatic rings. The van der Waals surface area contributed by atoms with E-state index in [0.29, 0.717) is 31.3 Å². The number of halogens is 1. The van der Waals surface area contributed by atoms with Gasteiger partial charge in [0.2, 0.25) is 5.78 Å². The second kappa shape index (κ2) is 14.7. The Kier molecular flexibility index (Phi) is 11.6. The second-order valence-electron chi connectivity index (χ2n) is 15.9. The number of rotatable bonds is 13. The van der Waals surface area contributed by atoms with Crippen molar-refractivity contribution < 1.29 is 57.2 Å². The minimum absolute atomic E-state index is 0.107. The molecule has 12 nitrogen and oxygen atoms in total. The number of carbonyl (C=O) groups excluding carboxylic acids is 5. The summed E-state index contributed by atoms with van der Waals surface area (Å²) in [5.41, 5.74) is -3.59. The van der Waals surface area contributed by atoms with Gasteiger partial charge in [-0.15, -0.1) is 0 Å². The number of aliphatic hydroxyl groups excluding tert-OH is 1. The first-order valence-corrected chi connectivity index (χ1v) is 17.2. The lowest BCUT2D eigenvalue weighted by molar-refractivity contribution is -0.216. The van der Waals surface area contributed by atoms with Crippen LogP contribution in [0.15, 0.2) is 36.5 Å². The number of fused-ring (bicyclic) bond motifs is 3. The minimum atomic E-state index is -1.57. The van der Waals surface area contributed by atoms with Gasteiger partial charge in [0.1, 0.15) is 24.9 Å². The van der Waals surface area contributed by atoms with Gasteiger partial charge in [0.05, 0.1) is 18.6 Å². The number of ether oxygens (including phenoxy) is 5. The van der Waals surface area contributed by atoms with E-state index in [1.807, 2.05) is 6.92 Å². The van der Waals surface area contributed by atoms with E-state index in [1.165, 1.54) is 18.2 Å². The van der Waals surface area contributed by atoms with Crippen LogP contribution >= 0.6 is 0 Å². The number of esters is 2. The highest BCUT2D eigenvalue weighted by Crippen LogP contribution is 2.66. The maximum atomic E-state index is 14.3. The molecule has 8 atom stereocenters. The van der Waals surface area contributed by atoms with Crippen molar-refractivity contribution in [3.63, 3.8) is 0 Å². The number of nitrogens with one attached hydrogen (secondary N) is 1. The van der Waals surface area contributed by atoms with Crippen LogP contribution in [0.2, 0.25) is 0 Å². The number of alkyl halides is 1. The third-order valence-corrected chi connectivity index (χ3v) is 10.4. The molecule has 4 aliphatic rings. The molecular formula is C37H52FNO11. The minimum Gasteiger partial charge on any atom is -0.460 e. The predicted molar refractivity (Wildman–Crippen MR) is 178 cm³/mol. The Morgan fingerprint density at radius 2 is 1.86 bits per heavy atom. The van der Waals surface area contributed by atoms with Crippen LogP contribution in [0.4, 0.5) is 9.18 Å². The fraction of sp³-hybridized carbons (Fsp3) is 0.703. The zero-order valence-electron chi connectivity index (χ0n) is 30.2. The summed E-state index contributed by atoms with van der Waals surface area (Å²) in [6.45, 7) is 13.9. The number of Topliss-reactive ketones (excluding diaryl/α,β-unsaturated/α-hetero) is 1. The summed E-state index contributed by atoms with van der Waals surface area (Å²) < 4.78 is 42.6. The summed E-state index contributed by atoms with van der Waals surface area (Å²) in [6, 6.07) is -1.46. The van der Waals surface area contributed by atoms with Gasteiger partial charge in [0, 0.05) is 10.8 Å². The monoisotopic (exact) mass is 705 g/mol. The molecule has 1 unspecified atom stereocenters. The Morgan fingerprint density at radius 3 is 2.50 bits per heavy atom. The third-order valence-electron chi connectivity index (χ3n) is 10.4. The Labute approximate surface area is 293 Å². The highest BCUT2D eigenvalue weighted by molar-refractivity contribution is 6.01. The summed E-state index contributed by atoms with van der Waals surface area (Å²) >= 11 is 0. The Bertz CT molecular complexity index is 1430. The second-order valence-corrected chi connectivity index (χ2v) is 15.9. The fourth-order valence-corrected chi connectivity index (χ4v) is 8.29. The molecule has 0 bridgehead atoms. The highest BCUT2D eigenvalue weighted by atomic mass is 19.1. The molecule has 13 heteroatoms. The first-order chi connectivity index (χ1) is 23.2. The summed E-state index contributed by atoms with van der Waals surface area (Å²) in [6.07, 6.45) is 4.81. The summed E-state index contributed by atoms with van der Waals surface area (Å²) in [4.78, 5) is 64.7. The number of ketones is 2. The Morgan fingerprint density at radius 1 is 1.16 bits per heavy atom. The summed E-state index contributed by atoms with van der Waals surface area (Å²) in [7, 11) is 0.